The van der Waals surface area contributed by atoms with Crippen LogP contribution in [-0.2, 0) is 9.59 Å². The van der Waals surface area contributed by atoms with Gasteiger partial charge in [0.25, 0.3) is 11.1 Å². The molecule has 0 bridgehead atoms. The van der Waals surface area contributed by atoms with Crippen molar-refractivity contribution in [2.75, 3.05) is 0 Å². The van der Waals surface area contributed by atoms with Gasteiger partial charge in [-0.3, -0.25) is 19.7 Å². The van der Waals surface area contributed by atoms with Crippen molar-refractivity contribution >= 4 is 34.8 Å². The summed E-state index contributed by atoms with van der Waals surface area (Å²) in [5, 5.41) is 1.67. The largest absolute Gasteiger partial charge is 0.298 e. The first-order valence-corrected chi connectivity index (χ1v) is 5.32. The van der Waals surface area contributed by atoms with E-state index in [1.165, 1.54) is 0 Å². The summed E-state index contributed by atoms with van der Waals surface area (Å²) >= 11 is 0.750. The molecule has 1 aliphatic rings. The van der Waals surface area contributed by atoms with Gasteiger partial charge in [0.15, 0.2) is 6.29 Å². The summed E-state index contributed by atoms with van der Waals surface area (Å²) in [5.41, 5.74) is 0.874. The van der Waals surface area contributed by atoms with E-state index in [1.54, 1.807) is 24.3 Å². The molecule has 1 aliphatic heterocycles. The number of imide groups is 1. The highest BCUT2D eigenvalue weighted by Crippen LogP contribution is 2.30. The van der Waals surface area contributed by atoms with Crippen molar-refractivity contribution in [1.29, 1.82) is 0 Å². The molecule has 0 unspecified atom stereocenters. The van der Waals surface area contributed by atoms with E-state index in [0.717, 1.165) is 11.8 Å². The minimum atomic E-state index is -0.513. The van der Waals surface area contributed by atoms with E-state index in [9.17, 15) is 14.4 Å². The fourth-order valence-corrected chi connectivity index (χ4v) is 2.11. The maximum absolute atomic E-state index is 11.4. The molecule has 1 heterocycles. The summed E-state index contributed by atoms with van der Waals surface area (Å²) in [4.78, 5) is 33.5. The molecule has 1 aromatic rings. The zero-order valence-electron chi connectivity index (χ0n) is 8.10. The third kappa shape index (κ3) is 1.90. The highest BCUT2D eigenvalue weighted by atomic mass is 32.2. The standard InChI is InChI=1S/C11H7NO3S/c13-6-8(7-4-2-1-3-5-7)9-10(14)12-11(15)16-9/h1-6H,(H,12,14,15). The molecule has 0 saturated carbocycles. The molecular formula is C11H7NO3S. The van der Waals surface area contributed by atoms with E-state index < -0.39 is 11.1 Å². The van der Waals surface area contributed by atoms with Gasteiger partial charge in [-0.15, -0.1) is 0 Å². The second-order valence-corrected chi connectivity index (χ2v) is 4.05. The molecule has 0 atom stereocenters. The van der Waals surface area contributed by atoms with E-state index in [0.29, 0.717) is 11.8 Å². The second kappa shape index (κ2) is 4.32. The average molecular weight is 233 g/mol. The Morgan fingerprint density at radius 2 is 1.88 bits per heavy atom. The molecular weight excluding hydrogens is 226 g/mol. The number of carbonyl (C=O) groups is 3. The number of hydrogen-bond donors (Lipinski definition) is 1. The molecule has 0 radical (unpaired) electrons. The van der Waals surface area contributed by atoms with Gasteiger partial charge in [-0.25, -0.2) is 0 Å². The Bertz CT molecular complexity index is 493. The van der Waals surface area contributed by atoms with Crippen molar-refractivity contribution < 1.29 is 14.4 Å². The molecule has 80 valence electrons. The number of amides is 2. The third-order valence-corrected chi connectivity index (χ3v) is 2.96. The average Bonchev–Trinajstić information content (AvgIpc) is 2.61. The SMILES string of the molecule is O=CC(=C1SC(=O)NC1=O)c1ccccc1. The Kier molecular flexibility index (Phi) is 2.87. The summed E-state index contributed by atoms with van der Waals surface area (Å²) in [5.74, 6) is -0.513. The quantitative estimate of drug-likeness (QED) is 0.622. The van der Waals surface area contributed by atoms with Crippen LogP contribution < -0.4 is 5.32 Å². The van der Waals surface area contributed by atoms with Crippen LogP contribution in [0.1, 0.15) is 5.56 Å². The number of allylic oxidation sites excluding steroid dienone is 1. The Balaban J connectivity index is 2.51. The van der Waals surface area contributed by atoms with Crippen molar-refractivity contribution in [2.24, 2.45) is 0 Å². The lowest BCUT2D eigenvalue weighted by molar-refractivity contribution is -0.115. The molecule has 1 N–H and O–H groups in total. The summed E-state index contributed by atoms with van der Waals surface area (Å²) in [7, 11) is 0. The van der Waals surface area contributed by atoms with Crippen LogP contribution in [0.15, 0.2) is 35.2 Å². The third-order valence-electron chi connectivity index (χ3n) is 2.06. The van der Waals surface area contributed by atoms with Gasteiger partial charge in [-0.1, -0.05) is 30.3 Å². The van der Waals surface area contributed by atoms with Gasteiger partial charge in [0.2, 0.25) is 0 Å². The van der Waals surface area contributed by atoms with Crippen molar-refractivity contribution in [3.05, 3.63) is 40.8 Å². The van der Waals surface area contributed by atoms with Crippen LogP contribution in [0.3, 0.4) is 0 Å². The topological polar surface area (TPSA) is 63.2 Å². The number of aldehydes is 1. The normalized spacial score (nSPS) is 18.2. The van der Waals surface area contributed by atoms with Gasteiger partial charge in [-0.2, -0.15) is 0 Å². The molecule has 1 aromatic carbocycles. The van der Waals surface area contributed by atoms with Crippen molar-refractivity contribution in [3.63, 3.8) is 0 Å². The maximum Gasteiger partial charge on any atom is 0.290 e. The monoisotopic (exact) mass is 233 g/mol. The van der Waals surface area contributed by atoms with Crippen LogP contribution in [0.2, 0.25) is 0 Å². The summed E-state index contributed by atoms with van der Waals surface area (Å²) in [6.45, 7) is 0. The van der Waals surface area contributed by atoms with E-state index in [4.69, 9.17) is 0 Å². The van der Waals surface area contributed by atoms with Crippen LogP contribution in [0.25, 0.3) is 5.57 Å². The number of nitrogens with one attached hydrogen (secondary N) is 1. The smallest absolute Gasteiger partial charge is 0.290 e. The van der Waals surface area contributed by atoms with Gasteiger partial charge in [0.05, 0.1) is 4.91 Å². The van der Waals surface area contributed by atoms with Crippen molar-refractivity contribution in [2.45, 2.75) is 0 Å². The van der Waals surface area contributed by atoms with Crippen LogP contribution in [0.4, 0.5) is 4.79 Å². The molecule has 16 heavy (non-hydrogen) atoms. The molecule has 0 aromatic heterocycles. The number of carbonyl (C=O) groups excluding carboxylic acids is 3. The molecule has 0 aliphatic carbocycles. The first-order valence-electron chi connectivity index (χ1n) is 4.50. The molecule has 2 rings (SSSR count). The lowest BCUT2D eigenvalue weighted by Crippen LogP contribution is -2.18. The van der Waals surface area contributed by atoms with E-state index in [2.05, 4.69) is 5.32 Å². The van der Waals surface area contributed by atoms with E-state index >= 15 is 0 Å². The van der Waals surface area contributed by atoms with Crippen LogP contribution in [0.5, 0.6) is 0 Å². The number of thioether (sulfide) groups is 1. The zero-order valence-corrected chi connectivity index (χ0v) is 8.91. The minimum absolute atomic E-state index is 0.159. The van der Waals surface area contributed by atoms with Crippen molar-refractivity contribution in [1.82, 2.24) is 5.32 Å². The fourth-order valence-electron chi connectivity index (χ4n) is 1.36. The first-order chi connectivity index (χ1) is 7.72. The predicted molar refractivity (Wildman–Crippen MR) is 60.6 cm³/mol. The van der Waals surface area contributed by atoms with Crippen LogP contribution in [0, 0.1) is 0 Å². The summed E-state index contributed by atoms with van der Waals surface area (Å²) < 4.78 is 0. The minimum Gasteiger partial charge on any atom is -0.298 e. The van der Waals surface area contributed by atoms with E-state index in [-0.39, 0.29) is 10.5 Å². The lowest BCUT2D eigenvalue weighted by Gasteiger charge is -2.01. The Hall–Kier alpha value is -1.88. The molecule has 2 amide bonds. The van der Waals surface area contributed by atoms with Gasteiger partial charge in [0.1, 0.15) is 0 Å². The molecule has 1 saturated heterocycles. The predicted octanol–water partition coefficient (Wildman–Crippen LogP) is 1.58. The Morgan fingerprint density at radius 3 is 2.38 bits per heavy atom. The first kappa shape index (κ1) is 10.6. The highest BCUT2D eigenvalue weighted by Gasteiger charge is 2.28. The number of benzene rings is 1. The van der Waals surface area contributed by atoms with Gasteiger partial charge in [0, 0.05) is 5.57 Å². The summed E-state index contributed by atoms with van der Waals surface area (Å²) in [6.07, 6.45) is 0.593. The second-order valence-electron chi connectivity index (χ2n) is 3.07. The maximum atomic E-state index is 11.4. The van der Waals surface area contributed by atoms with Gasteiger partial charge < -0.3 is 0 Å². The van der Waals surface area contributed by atoms with Crippen molar-refractivity contribution in [3.8, 4) is 0 Å². The molecule has 5 heteroatoms. The van der Waals surface area contributed by atoms with Gasteiger partial charge in [-0.05, 0) is 17.3 Å². The molecule has 4 nitrogen and oxygen atoms in total. The Morgan fingerprint density at radius 1 is 1.19 bits per heavy atom. The summed E-state index contributed by atoms with van der Waals surface area (Å²) in [6, 6.07) is 8.77. The number of rotatable bonds is 2. The molecule has 0 spiro atoms. The zero-order chi connectivity index (χ0) is 11.5. The van der Waals surface area contributed by atoms with Crippen LogP contribution >= 0.6 is 11.8 Å². The van der Waals surface area contributed by atoms with Gasteiger partial charge >= 0.3 is 0 Å². The highest BCUT2D eigenvalue weighted by molar-refractivity contribution is 8.18. The van der Waals surface area contributed by atoms with E-state index in [1.807, 2.05) is 6.07 Å². The molecule has 1 fully saturated rings. The van der Waals surface area contributed by atoms with Crippen LogP contribution in [-0.4, -0.2) is 17.4 Å². The lowest BCUT2D eigenvalue weighted by atomic mass is 10.1. The Labute approximate surface area is 95.7 Å². The fraction of sp³-hybridized carbons (Fsp3) is 0. The number of hydrogen-bond acceptors (Lipinski definition) is 4.